The maximum atomic E-state index is 14.9. The van der Waals surface area contributed by atoms with Gasteiger partial charge in [0.2, 0.25) is 0 Å². The third-order valence-corrected chi connectivity index (χ3v) is 5.52. The van der Waals surface area contributed by atoms with Crippen LogP contribution < -0.4 is 14.5 Å². The van der Waals surface area contributed by atoms with E-state index < -0.39 is 29.4 Å². The Kier molecular flexibility index (Phi) is 3.46. The van der Waals surface area contributed by atoms with Gasteiger partial charge in [-0.25, -0.2) is 14.1 Å². The normalized spacial score (nSPS) is 24.8. The van der Waals surface area contributed by atoms with Crippen LogP contribution in [-0.2, 0) is 14.3 Å². The number of morpholine rings is 1. The number of amides is 4. The van der Waals surface area contributed by atoms with Crippen molar-refractivity contribution in [2.45, 2.75) is 24.5 Å². The van der Waals surface area contributed by atoms with Crippen molar-refractivity contribution in [1.29, 1.82) is 0 Å². The fourth-order valence-electron chi connectivity index (χ4n) is 3.91. The molecule has 1 aromatic carbocycles. The molecule has 3 fully saturated rings. The lowest BCUT2D eigenvalue weighted by Gasteiger charge is -2.34. The van der Waals surface area contributed by atoms with E-state index >= 15 is 0 Å². The number of urea groups is 1. The van der Waals surface area contributed by atoms with E-state index in [1.807, 2.05) is 0 Å². The average Bonchev–Trinajstić information content (AvgIpc) is 3.41. The number of benzene rings is 1. The van der Waals surface area contributed by atoms with Crippen LogP contribution in [0.5, 0.6) is 5.75 Å². The zero-order valence-electron chi connectivity index (χ0n) is 14.8. The van der Waals surface area contributed by atoms with Gasteiger partial charge in [-0.1, -0.05) is 5.92 Å². The SMILES string of the molecule is C#CCN1C(=O)C2(CC2)Oc2cc(F)c(N3C(=O)C4COCCN4C3=O)cc21. The molecule has 28 heavy (non-hydrogen) atoms. The van der Waals surface area contributed by atoms with E-state index in [1.165, 1.54) is 15.9 Å². The van der Waals surface area contributed by atoms with Gasteiger partial charge in [0.25, 0.3) is 11.8 Å². The first-order valence-corrected chi connectivity index (χ1v) is 8.97. The summed E-state index contributed by atoms with van der Waals surface area (Å²) in [7, 11) is 0. The second kappa shape index (κ2) is 5.69. The Bertz CT molecular complexity index is 943. The second-order valence-electron chi connectivity index (χ2n) is 7.20. The molecule has 3 aliphatic heterocycles. The number of halogens is 1. The Morgan fingerprint density at radius 2 is 2.04 bits per heavy atom. The Labute approximate surface area is 159 Å². The molecule has 0 bridgehead atoms. The molecular weight excluding hydrogens is 369 g/mol. The predicted molar refractivity (Wildman–Crippen MR) is 94.4 cm³/mol. The van der Waals surface area contributed by atoms with Crippen LogP contribution in [0.25, 0.3) is 0 Å². The Hall–Kier alpha value is -3.12. The molecule has 1 saturated carbocycles. The molecule has 1 aromatic rings. The monoisotopic (exact) mass is 385 g/mol. The van der Waals surface area contributed by atoms with Gasteiger partial charge in [-0.05, 0) is 6.07 Å². The molecule has 0 N–H and O–H groups in total. The van der Waals surface area contributed by atoms with Gasteiger partial charge in [0.05, 0.1) is 31.1 Å². The second-order valence-corrected chi connectivity index (χ2v) is 7.20. The number of anilines is 2. The zero-order valence-corrected chi connectivity index (χ0v) is 14.8. The lowest BCUT2D eigenvalue weighted by Crippen LogP contribution is -2.48. The molecular formula is C19H16FN3O5. The number of ether oxygens (including phenoxy) is 2. The fourth-order valence-corrected chi connectivity index (χ4v) is 3.91. The topological polar surface area (TPSA) is 79.4 Å². The minimum atomic E-state index is -0.977. The Morgan fingerprint density at radius 3 is 2.71 bits per heavy atom. The van der Waals surface area contributed by atoms with Gasteiger partial charge in [-0.15, -0.1) is 6.42 Å². The van der Waals surface area contributed by atoms with Crippen molar-refractivity contribution in [3.05, 3.63) is 17.9 Å². The molecule has 4 amide bonds. The van der Waals surface area contributed by atoms with Crippen molar-refractivity contribution in [2.75, 3.05) is 36.1 Å². The highest BCUT2D eigenvalue weighted by atomic mass is 19.1. The summed E-state index contributed by atoms with van der Waals surface area (Å²) in [4.78, 5) is 41.7. The van der Waals surface area contributed by atoms with Gasteiger partial charge < -0.3 is 14.4 Å². The summed E-state index contributed by atoms with van der Waals surface area (Å²) < 4.78 is 25.9. The number of carbonyl (C=O) groups is 3. The maximum Gasteiger partial charge on any atom is 0.332 e. The van der Waals surface area contributed by atoms with Crippen LogP contribution in [0.3, 0.4) is 0 Å². The molecule has 2 saturated heterocycles. The van der Waals surface area contributed by atoms with E-state index in [4.69, 9.17) is 15.9 Å². The van der Waals surface area contributed by atoms with Crippen molar-refractivity contribution in [1.82, 2.24) is 4.90 Å². The third kappa shape index (κ3) is 2.18. The van der Waals surface area contributed by atoms with E-state index in [0.717, 1.165) is 11.0 Å². The first-order chi connectivity index (χ1) is 13.5. The van der Waals surface area contributed by atoms with Gasteiger partial charge in [0.1, 0.15) is 11.8 Å². The highest BCUT2D eigenvalue weighted by Gasteiger charge is 2.58. The molecule has 5 rings (SSSR count). The average molecular weight is 385 g/mol. The zero-order chi connectivity index (χ0) is 19.6. The quantitative estimate of drug-likeness (QED) is 0.558. The molecule has 8 nitrogen and oxygen atoms in total. The van der Waals surface area contributed by atoms with Crippen LogP contribution in [0.2, 0.25) is 0 Å². The Morgan fingerprint density at radius 1 is 1.25 bits per heavy atom. The molecule has 1 spiro atoms. The summed E-state index contributed by atoms with van der Waals surface area (Å²) in [5.74, 6) is 0.957. The van der Waals surface area contributed by atoms with Gasteiger partial charge in [-0.3, -0.25) is 14.5 Å². The minimum absolute atomic E-state index is 0.0213. The minimum Gasteiger partial charge on any atom is -0.475 e. The first kappa shape index (κ1) is 17.0. The molecule has 0 radical (unpaired) electrons. The van der Waals surface area contributed by atoms with Crippen molar-refractivity contribution >= 4 is 29.2 Å². The van der Waals surface area contributed by atoms with E-state index in [0.29, 0.717) is 19.4 Å². The number of rotatable bonds is 2. The van der Waals surface area contributed by atoms with Gasteiger partial charge in [-0.2, -0.15) is 0 Å². The van der Waals surface area contributed by atoms with Crippen LogP contribution in [0.1, 0.15) is 12.8 Å². The summed E-state index contributed by atoms with van der Waals surface area (Å²) in [5.41, 5.74) is -0.957. The van der Waals surface area contributed by atoms with Crippen LogP contribution in [0.15, 0.2) is 12.1 Å². The summed E-state index contributed by atoms with van der Waals surface area (Å²) in [6, 6.07) is 1.01. The number of nitrogens with zero attached hydrogens (tertiary/aromatic N) is 3. The standard InChI is InChI=1S/C19H16FN3O5/c1-2-5-21-13-9-12(11(20)8-15(13)28-19(3-4-19)17(21)25)23-16(24)14-10-27-7-6-22(14)18(23)26/h1,8-9,14H,3-7,10H2. The summed E-state index contributed by atoms with van der Waals surface area (Å²) in [6.45, 7) is 0.621. The highest BCUT2D eigenvalue weighted by molar-refractivity contribution is 6.22. The highest BCUT2D eigenvalue weighted by Crippen LogP contribution is 2.50. The van der Waals surface area contributed by atoms with Crippen LogP contribution in [-0.4, -0.2) is 60.7 Å². The molecule has 1 atom stereocenters. The third-order valence-electron chi connectivity index (χ3n) is 5.52. The first-order valence-electron chi connectivity index (χ1n) is 8.97. The van der Waals surface area contributed by atoms with Crippen molar-refractivity contribution in [3.63, 3.8) is 0 Å². The van der Waals surface area contributed by atoms with Gasteiger partial charge >= 0.3 is 6.03 Å². The lowest BCUT2D eigenvalue weighted by atomic mass is 10.1. The number of hydrogen-bond donors (Lipinski definition) is 0. The molecule has 1 unspecified atom stereocenters. The summed E-state index contributed by atoms with van der Waals surface area (Å²) in [5, 5.41) is 0. The maximum absolute atomic E-state index is 14.9. The van der Waals surface area contributed by atoms with E-state index in [9.17, 15) is 18.8 Å². The number of terminal acetylenes is 1. The number of fused-ring (bicyclic) bond motifs is 2. The van der Waals surface area contributed by atoms with Gasteiger partial charge in [0.15, 0.2) is 11.4 Å². The van der Waals surface area contributed by atoms with Crippen LogP contribution in [0, 0.1) is 18.2 Å². The lowest BCUT2D eigenvalue weighted by molar-refractivity contribution is -0.128. The van der Waals surface area contributed by atoms with E-state index in [1.54, 1.807) is 0 Å². The summed E-state index contributed by atoms with van der Waals surface area (Å²) in [6.07, 6.45) is 6.48. The van der Waals surface area contributed by atoms with Gasteiger partial charge in [0, 0.05) is 25.5 Å². The largest absolute Gasteiger partial charge is 0.475 e. The van der Waals surface area contributed by atoms with Crippen LogP contribution >= 0.6 is 0 Å². The van der Waals surface area contributed by atoms with E-state index in [-0.39, 0.29) is 42.7 Å². The number of hydrogen-bond acceptors (Lipinski definition) is 5. The molecule has 144 valence electrons. The summed E-state index contributed by atoms with van der Waals surface area (Å²) >= 11 is 0. The molecule has 3 heterocycles. The van der Waals surface area contributed by atoms with E-state index in [2.05, 4.69) is 5.92 Å². The number of imide groups is 1. The molecule has 9 heteroatoms. The Balaban J connectivity index is 1.59. The predicted octanol–water partition coefficient (Wildman–Crippen LogP) is 0.884. The van der Waals surface area contributed by atoms with Crippen molar-refractivity contribution in [2.24, 2.45) is 0 Å². The molecule has 1 aliphatic carbocycles. The molecule has 4 aliphatic rings. The van der Waals surface area contributed by atoms with Crippen LogP contribution in [0.4, 0.5) is 20.6 Å². The van der Waals surface area contributed by atoms with Crippen molar-refractivity contribution < 1.29 is 28.2 Å². The van der Waals surface area contributed by atoms with Crippen molar-refractivity contribution in [3.8, 4) is 18.1 Å². The fraction of sp³-hybridized carbons (Fsp3) is 0.421. The number of carbonyl (C=O) groups excluding carboxylic acids is 3. The smallest absolute Gasteiger partial charge is 0.332 e. The molecule has 0 aromatic heterocycles.